The quantitative estimate of drug-likeness (QED) is 0.863. The van der Waals surface area contributed by atoms with E-state index in [-0.39, 0.29) is 5.91 Å². The number of benzene rings is 2. The number of amides is 1. The van der Waals surface area contributed by atoms with Crippen LogP contribution in [0.25, 0.3) is 6.08 Å². The van der Waals surface area contributed by atoms with E-state index in [1.54, 1.807) is 0 Å². The zero-order valence-corrected chi connectivity index (χ0v) is 12.7. The van der Waals surface area contributed by atoms with Crippen LogP contribution in [0.15, 0.2) is 60.2 Å². The molecule has 0 spiro atoms. The molecule has 1 amide bonds. The normalized spacial score (nSPS) is 12.9. The van der Waals surface area contributed by atoms with Gasteiger partial charge in [-0.05, 0) is 24.6 Å². The minimum Gasteiger partial charge on any atom is -0.488 e. The predicted molar refractivity (Wildman–Crippen MR) is 87.4 cm³/mol. The van der Waals surface area contributed by atoms with Crippen LogP contribution < -0.4 is 4.74 Å². The van der Waals surface area contributed by atoms with Gasteiger partial charge in [-0.15, -0.1) is 0 Å². The molecule has 112 valence electrons. The standard InChI is InChI=1S/C19H19NO2/c1-2-20(13-15-8-4-3-5-9-15)19(21)17-12-16-10-6-7-11-18(16)22-14-17/h3-12H,2,13-14H2,1H3. The largest absolute Gasteiger partial charge is 0.488 e. The Morgan fingerprint density at radius 2 is 1.82 bits per heavy atom. The fourth-order valence-corrected chi connectivity index (χ4v) is 2.57. The van der Waals surface area contributed by atoms with Crippen molar-refractivity contribution in [1.29, 1.82) is 0 Å². The highest BCUT2D eigenvalue weighted by molar-refractivity contribution is 5.99. The van der Waals surface area contributed by atoms with Crippen molar-refractivity contribution in [3.05, 3.63) is 71.3 Å². The Bertz CT molecular complexity index is 692. The number of carbonyl (C=O) groups excluding carboxylic acids is 1. The van der Waals surface area contributed by atoms with Gasteiger partial charge in [-0.25, -0.2) is 0 Å². The van der Waals surface area contributed by atoms with E-state index in [9.17, 15) is 4.79 Å². The van der Waals surface area contributed by atoms with E-state index in [1.807, 2.05) is 72.5 Å². The lowest BCUT2D eigenvalue weighted by molar-refractivity contribution is -0.127. The van der Waals surface area contributed by atoms with Crippen LogP contribution in [-0.4, -0.2) is 24.0 Å². The Morgan fingerprint density at radius 1 is 1.09 bits per heavy atom. The number of hydrogen-bond acceptors (Lipinski definition) is 2. The lowest BCUT2D eigenvalue weighted by atomic mass is 10.1. The van der Waals surface area contributed by atoms with Crippen molar-refractivity contribution in [3.63, 3.8) is 0 Å². The molecular weight excluding hydrogens is 274 g/mol. The Balaban J connectivity index is 1.79. The van der Waals surface area contributed by atoms with Gasteiger partial charge in [0.05, 0.1) is 5.57 Å². The number of nitrogens with zero attached hydrogens (tertiary/aromatic N) is 1. The number of likely N-dealkylation sites (N-methyl/N-ethyl adjacent to an activating group) is 1. The molecule has 0 fully saturated rings. The summed E-state index contributed by atoms with van der Waals surface area (Å²) in [5.41, 5.74) is 2.81. The average Bonchev–Trinajstić information content (AvgIpc) is 2.59. The summed E-state index contributed by atoms with van der Waals surface area (Å²) in [5.74, 6) is 0.881. The first-order chi connectivity index (χ1) is 10.8. The molecule has 0 radical (unpaired) electrons. The van der Waals surface area contributed by atoms with Crippen LogP contribution in [0.2, 0.25) is 0 Å². The third kappa shape index (κ3) is 3.03. The van der Waals surface area contributed by atoms with Gasteiger partial charge in [0, 0.05) is 18.7 Å². The van der Waals surface area contributed by atoms with Gasteiger partial charge in [0.1, 0.15) is 12.4 Å². The monoisotopic (exact) mass is 293 g/mol. The lowest BCUT2D eigenvalue weighted by Gasteiger charge is -2.25. The second kappa shape index (κ2) is 6.48. The molecule has 0 aromatic heterocycles. The van der Waals surface area contributed by atoms with Crippen molar-refractivity contribution in [2.24, 2.45) is 0 Å². The Morgan fingerprint density at radius 3 is 2.59 bits per heavy atom. The van der Waals surface area contributed by atoms with E-state index >= 15 is 0 Å². The summed E-state index contributed by atoms with van der Waals surface area (Å²) in [6.07, 6.45) is 1.94. The van der Waals surface area contributed by atoms with Crippen LogP contribution >= 0.6 is 0 Å². The first kappa shape index (κ1) is 14.4. The Kier molecular flexibility index (Phi) is 4.24. The van der Waals surface area contributed by atoms with E-state index in [2.05, 4.69) is 0 Å². The van der Waals surface area contributed by atoms with Gasteiger partial charge in [-0.3, -0.25) is 4.79 Å². The second-order valence-corrected chi connectivity index (χ2v) is 5.30. The highest BCUT2D eigenvalue weighted by Gasteiger charge is 2.21. The lowest BCUT2D eigenvalue weighted by Crippen LogP contribution is -2.33. The summed E-state index contributed by atoms with van der Waals surface area (Å²) in [4.78, 5) is 14.6. The van der Waals surface area contributed by atoms with Crippen molar-refractivity contribution >= 4 is 12.0 Å². The highest BCUT2D eigenvalue weighted by atomic mass is 16.5. The van der Waals surface area contributed by atoms with Crippen LogP contribution in [0, 0.1) is 0 Å². The molecule has 1 aliphatic rings. The maximum atomic E-state index is 12.7. The highest BCUT2D eigenvalue weighted by Crippen LogP contribution is 2.26. The SMILES string of the molecule is CCN(Cc1ccccc1)C(=O)C1=Cc2ccccc2OC1. The maximum absolute atomic E-state index is 12.7. The van der Waals surface area contributed by atoms with Gasteiger partial charge in [-0.1, -0.05) is 48.5 Å². The van der Waals surface area contributed by atoms with Crippen molar-refractivity contribution < 1.29 is 9.53 Å². The molecule has 0 atom stereocenters. The van der Waals surface area contributed by atoms with Gasteiger partial charge in [0.25, 0.3) is 5.91 Å². The van der Waals surface area contributed by atoms with Gasteiger partial charge >= 0.3 is 0 Å². The minimum atomic E-state index is 0.0425. The molecule has 3 rings (SSSR count). The zero-order valence-electron chi connectivity index (χ0n) is 12.7. The molecule has 0 unspecified atom stereocenters. The molecule has 1 heterocycles. The zero-order chi connectivity index (χ0) is 15.4. The number of carbonyl (C=O) groups is 1. The Hall–Kier alpha value is -2.55. The number of hydrogen-bond donors (Lipinski definition) is 0. The molecule has 1 aliphatic heterocycles. The van der Waals surface area contributed by atoms with Crippen LogP contribution in [0.1, 0.15) is 18.1 Å². The number of rotatable bonds is 4. The van der Waals surface area contributed by atoms with Crippen molar-refractivity contribution in [3.8, 4) is 5.75 Å². The molecule has 22 heavy (non-hydrogen) atoms. The first-order valence-electron chi connectivity index (χ1n) is 7.53. The molecule has 0 bridgehead atoms. The van der Waals surface area contributed by atoms with E-state index in [0.29, 0.717) is 25.3 Å². The molecule has 3 heteroatoms. The number of para-hydroxylation sites is 1. The van der Waals surface area contributed by atoms with E-state index < -0.39 is 0 Å². The summed E-state index contributed by atoms with van der Waals surface area (Å²) >= 11 is 0. The minimum absolute atomic E-state index is 0.0425. The van der Waals surface area contributed by atoms with Crippen molar-refractivity contribution in [1.82, 2.24) is 4.90 Å². The third-order valence-electron chi connectivity index (χ3n) is 3.79. The number of fused-ring (bicyclic) bond motifs is 1. The van der Waals surface area contributed by atoms with Gasteiger partial charge in [-0.2, -0.15) is 0 Å². The molecule has 0 saturated carbocycles. The molecule has 3 nitrogen and oxygen atoms in total. The van der Waals surface area contributed by atoms with Crippen LogP contribution in [0.5, 0.6) is 5.75 Å². The molecule has 2 aromatic rings. The van der Waals surface area contributed by atoms with Crippen molar-refractivity contribution in [2.45, 2.75) is 13.5 Å². The topological polar surface area (TPSA) is 29.5 Å². The molecule has 0 N–H and O–H groups in total. The fourth-order valence-electron chi connectivity index (χ4n) is 2.57. The predicted octanol–water partition coefficient (Wildman–Crippen LogP) is 3.51. The average molecular weight is 293 g/mol. The summed E-state index contributed by atoms with van der Waals surface area (Å²) in [6, 6.07) is 17.8. The second-order valence-electron chi connectivity index (χ2n) is 5.30. The molecule has 2 aromatic carbocycles. The number of ether oxygens (including phenoxy) is 1. The summed E-state index contributed by atoms with van der Waals surface area (Å²) in [5, 5.41) is 0. The van der Waals surface area contributed by atoms with Crippen LogP contribution in [-0.2, 0) is 11.3 Å². The maximum Gasteiger partial charge on any atom is 0.253 e. The molecule has 0 aliphatic carbocycles. The summed E-state index contributed by atoms with van der Waals surface area (Å²) in [7, 11) is 0. The van der Waals surface area contributed by atoms with Gasteiger partial charge in [0.15, 0.2) is 0 Å². The molecular formula is C19H19NO2. The molecule has 0 saturated heterocycles. The van der Waals surface area contributed by atoms with E-state index in [4.69, 9.17) is 4.74 Å². The summed E-state index contributed by atoms with van der Waals surface area (Å²) in [6.45, 7) is 3.63. The van der Waals surface area contributed by atoms with Gasteiger partial charge in [0.2, 0.25) is 0 Å². The Labute approximate surface area is 130 Å². The third-order valence-corrected chi connectivity index (χ3v) is 3.79. The van der Waals surface area contributed by atoms with Crippen molar-refractivity contribution in [2.75, 3.05) is 13.2 Å². The van der Waals surface area contributed by atoms with Gasteiger partial charge < -0.3 is 9.64 Å². The fraction of sp³-hybridized carbons (Fsp3) is 0.211. The van der Waals surface area contributed by atoms with E-state index in [0.717, 1.165) is 16.9 Å². The summed E-state index contributed by atoms with van der Waals surface area (Å²) < 4.78 is 5.69. The smallest absolute Gasteiger partial charge is 0.253 e. The van der Waals surface area contributed by atoms with Crippen LogP contribution in [0.3, 0.4) is 0 Å². The van der Waals surface area contributed by atoms with E-state index in [1.165, 1.54) is 0 Å². The first-order valence-corrected chi connectivity index (χ1v) is 7.53. The van der Waals surface area contributed by atoms with Crippen LogP contribution in [0.4, 0.5) is 0 Å².